The number of hydrogen-bond acceptors (Lipinski definition) is 6. The van der Waals surface area contributed by atoms with Crippen molar-refractivity contribution in [1.82, 2.24) is 10.2 Å². The minimum atomic E-state index is -5.35. The van der Waals surface area contributed by atoms with Crippen molar-refractivity contribution in [2.75, 3.05) is 30.6 Å². The highest BCUT2D eigenvalue weighted by Gasteiger charge is 2.55. The summed E-state index contributed by atoms with van der Waals surface area (Å²) in [4.78, 5) is 25.8. The first-order valence-electron chi connectivity index (χ1n) is 12.2. The van der Waals surface area contributed by atoms with Gasteiger partial charge in [0.1, 0.15) is 12.5 Å². The van der Waals surface area contributed by atoms with Crippen LogP contribution in [0.1, 0.15) is 24.0 Å². The average Bonchev–Trinajstić information content (AvgIpc) is 2.88. The monoisotopic (exact) mass is 591 g/mol. The third-order valence-corrected chi connectivity index (χ3v) is 8.86. The van der Waals surface area contributed by atoms with E-state index in [2.05, 4.69) is 5.32 Å². The molecular weight excluding hydrogens is 565 g/mol. The van der Waals surface area contributed by atoms with E-state index in [1.165, 1.54) is 4.90 Å². The number of alkyl halides is 4. The molecule has 2 amide bonds. The number of aryl methyl sites for hydroxylation is 1. The maximum Gasteiger partial charge on any atom is 0.424 e. The van der Waals surface area contributed by atoms with Crippen LogP contribution >= 0.6 is 0 Å². The Kier molecular flexibility index (Phi) is 8.11. The van der Waals surface area contributed by atoms with Crippen LogP contribution in [0, 0.1) is 5.82 Å². The second-order valence-electron chi connectivity index (χ2n) is 9.72. The SMILES string of the molecule is O=C(C[C@@H]1CCc2cc(C(O)(CF)C(F)(F)F)ccc2N1S(=O)(=O)c1ccc(F)cc1)NCC(=O)N1CC(O)C1. The largest absolute Gasteiger partial charge is 0.424 e. The molecule has 0 aromatic heterocycles. The number of aliphatic hydroxyl groups excluding tert-OH is 1. The maximum atomic E-state index is 13.7. The summed E-state index contributed by atoms with van der Waals surface area (Å²) in [6, 6.07) is 5.41. The molecule has 1 unspecified atom stereocenters. The van der Waals surface area contributed by atoms with E-state index in [0.717, 1.165) is 46.8 Å². The Balaban J connectivity index is 1.65. The lowest BCUT2D eigenvalue weighted by Gasteiger charge is -2.39. The topological polar surface area (TPSA) is 127 Å². The van der Waals surface area contributed by atoms with Crippen molar-refractivity contribution < 1.29 is 50.2 Å². The van der Waals surface area contributed by atoms with Crippen molar-refractivity contribution in [2.24, 2.45) is 0 Å². The normalized spacial score (nSPS) is 19.4. The van der Waals surface area contributed by atoms with Gasteiger partial charge in [0, 0.05) is 19.5 Å². The lowest BCUT2D eigenvalue weighted by atomic mass is 9.88. The smallest absolute Gasteiger partial charge is 0.389 e. The molecule has 15 heteroatoms. The van der Waals surface area contributed by atoms with E-state index in [4.69, 9.17) is 0 Å². The number of hydrogen-bond donors (Lipinski definition) is 3. The van der Waals surface area contributed by atoms with Crippen LogP contribution in [-0.4, -0.2) is 80.0 Å². The highest BCUT2D eigenvalue weighted by atomic mass is 32.2. The number of carbonyl (C=O) groups excluding carboxylic acids is 2. The summed E-state index contributed by atoms with van der Waals surface area (Å²) in [6.45, 7) is -2.29. The Morgan fingerprint density at radius 2 is 1.73 bits per heavy atom. The molecule has 0 radical (unpaired) electrons. The number of sulfonamides is 1. The summed E-state index contributed by atoms with van der Waals surface area (Å²) in [7, 11) is -4.49. The second-order valence-corrected chi connectivity index (χ2v) is 11.5. The van der Waals surface area contributed by atoms with E-state index < -0.39 is 70.2 Å². The molecule has 1 fully saturated rings. The van der Waals surface area contributed by atoms with Crippen molar-refractivity contribution in [1.29, 1.82) is 0 Å². The van der Waals surface area contributed by atoms with E-state index in [-0.39, 0.29) is 48.6 Å². The van der Waals surface area contributed by atoms with Gasteiger partial charge in [-0.25, -0.2) is 17.2 Å². The van der Waals surface area contributed by atoms with Crippen LogP contribution in [0.15, 0.2) is 47.4 Å². The summed E-state index contributed by atoms with van der Waals surface area (Å²) in [5.74, 6) is -1.83. The van der Waals surface area contributed by atoms with Crippen LogP contribution in [0.4, 0.5) is 27.6 Å². The van der Waals surface area contributed by atoms with Crippen LogP contribution in [0.3, 0.4) is 0 Å². The lowest BCUT2D eigenvalue weighted by Crippen LogP contribution is -2.56. The van der Waals surface area contributed by atoms with Crippen molar-refractivity contribution in [2.45, 2.75) is 48.1 Å². The summed E-state index contributed by atoms with van der Waals surface area (Å²) < 4.78 is 95.5. The molecule has 0 spiro atoms. The van der Waals surface area contributed by atoms with Gasteiger partial charge < -0.3 is 20.4 Å². The zero-order valence-electron chi connectivity index (χ0n) is 20.9. The molecular formula is C25H26F5N3O6S. The van der Waals surface area contributed by atoms with Gasteiger partial charge in [0.05, 0.1) is 29.3 Å². The molecule has 2 aromatic carbocycles. The standard InChI is InChI=1S/C25H26F5N3O6S/c26-14-24(37,25(28,29)30)16-2-8-21-15(9-16)1-5-18(10-22(35)31-11-23(36)32-12-19(34)13-32)33(21)40(38,39)20-6-3-17(27)4-7-20/h2-4,6-9,18-19,34,37H,1,5,10-14H2,(H,31,35)/t18-,24?/m0/s1. The van der Waals surface area contributed by atoms with Gasteiger partial charge in [-0.1, -0.05) is 12.1 Å². The molecule has 2 aliphatic rings. The van der Waals surface area contributed by atoms with Crippen LogP contribution < -0.4 is 9.62 Å². The highest BCUT2D eigenvalue weighted by molar-refractivity contribution is 7.92. The Bertz CT molecular complexity index is 1380. The molecule has 4 rings (SSSR count). The zero-order chi connectivity index (χ0) is 29.5. The number of likely N-dealkylation sites (tertiary alicyclic amines) is 1. The van der Waals surface area contributed by atoms with Gasteiger partial charge in [0.2, 0.25) is 17.4 Å². The predicted molar refractivity (Wildman–Crippen MR) is 131 cm³/mol. The molecule has 2 aromatic rings. The number of β-amino-alcohol motifs (C(OH)–C–C–N with tert-alkyl or cyclic N) is 1. The highest BCUT2D eigenvalue weighted by Crippen LogP contribution is 2.43. The molecule has 218 valence electrons. The van der Waals surface area contributed by atoms with Gasteiger partial charge in [-0.3, -0.25) is 13.9 Å². The number of benzene rings is 2. The first-order valence-corrected chi connectivity index (χ1v) is 13.6. The first-order chi connectivity index (χ1) is 18.7. The minimum absolute atomic E-state index is 0.0125. The van der Waals surface area contributed by atoms with Gasteiger partial charge >= 0.3 is 6.18 Å². The van der Waals surface area contributed by atoms with Crippen LogP contribution in [0.25, 0.3) is 0 Å². The average molecular weight is 592 g/mol. The molecule has 2 aliphatic heterocycles. The van der Waals surface area contributed by atoms with Crippen molar-refractivity contribution >= 4 is 27.5 Å². The van der Waals surface area contributed by atoms with Crippen LogP contribution in [-0.2, 0) is 31.6 Å². The number of rotatable bonds is 8. The number of nitrogens with one attached hydrogen (secondary N) is 1. The first kappa shape index (κ1) is 29.7. The molecule has 0 saturated carbocycles. The number of amides is 2. The molecule has 40 heavy (non-hydrogen) atoms. The van der Waals surface area contributed by atoms with E-state index in [1.807, 2.05) is 0 Å². The lowest BCUT2D eigenvalue weighted by molar-refractivity contribution is -0.271. The Labute approximate surface area is 226 Å². The van der Waals surface area contributed by atoms with Crippen molar-refractivity contribution in [3.8, 4) is 0 Å². The zero-order valence-corrected chi connectivity index (χ0v) is 21.7. The molecule has 0 bridgehead atoms. The number of carbonyl (C=O) groups is 2. The maximum absolute atomic E-state index is 13.7. The molecule has 9 nitrogen and oxygen atoms in total. The fraction of sp³-hybridized carbons (Fsp3) is 0.440. The minimum Gasteiger partial charge on any atom is -0.389 e. The molecule has 2 heterocycles. The summed E-state index contributed by atoms with van der Waals surface area (Å²) in [5, 5.41) is 21.8. The van der Waals surface area contributed by atoms with E-state index in [9.17, 15) is 50.2 Å². The Morgan fingerprint density at radius 3 is 2.30 bits per heavy atom. The summed E-state index contributed by atoms with van der Waals surface area (Å²) in [5.41, 5.74) is -4.65. The van der Waals surface area contributed by atoms with Crippen molar-refractivity contribution in [3.63, 3.8) is 0 Å². The van der Waals surface area contributed by atoms with Gasteiger partial charge in [-0.05, 0) is 54.3 Å². The number of aliphatic hydroxyl groups is 2. The number of nitrogens with zero attached hydrogens (tertiary/aromatic N) is 2. The van der Waals surface area contributed by atoms with Gasteiger partial charge in [0.25, 0.3) is 10.0 Å². The molecule has 1 saturated heterocycles. The third kappa shape index (κ3) is 5.63. The fourth-order valence-electron chi connectivity index (χ4n) is 4.67. The molecule has 3 N–H and O–H groups in total. The van der Waals surface area contributed by atoms with Gasteiger partial charge in [-0.15, -0.1) is 0 Å². The van der Waals surface area contributed by atoms with Gasteiger partial charge in [-0.2, -0.15) is 13.2 Å². The predicted octanol–water partition coefficient (Wildman–Crippen LogP) is 1.76. The second kappa shape index (κ2) is 10.9. The molecule has 2 atom stereocenters. The number of anilines is 1. The Morgan fingerprint density at radius 1 is 1.07 bits per heavy atom. The third-order valence-electron chi connectivity index (χ3n) is 6.98. The van der Waals surface area contributed by atoms with E-state index in [0.29, 0.717) is 0 Å². The quantitative estimate of drug-likeness (QED) is 0.402. The number of halogens is 5. The van der Waals surface area contributed by atoms with Crippen molar-refractivity contribution in [3.05, 3.63) is 59.4 Å². The fourth-order valence-corrected chi connectivity index (χ4v) is 6.39. The van der Waals surface area contributed by atoms with E-state index in [1.54, 1.807) is 0 Å². The van der Waals surface area contributed by atoms with Gasteiger partial charge in [0.15, 0.2) is 0 Å². The number of fused-ring (bicyclic) bond motifs is 1. The van der Waals surface area contributed by atoms with E-state index >= 15 is 0 Å². The molecule has 0 aliphatic carbocycles. The van der Waals surface area contributed by atoms with Crippen LogP contribution in [0.2, 0.25) is 0 Å². The Hall–Kier alpha value is -3.30. The summed E-state index contributed by atoms with van der Waals surface area (Å²) >= 11 is 0. The van der Waals surface area contributed by atoms with Crippen LogP contribution in [0.5, 0.6) is 0 Å². The summed E-state index contributed by atoms with van der Waals surface area (Å²) in [6.07, 6.45) is -6.46.